The molecule has 0 spiro atoms. The van der Waals surface area contributed by atoms with Crippen LogP contribution < -0.4 is 10.1 Å². The first-order valence-electron chi connectivity index (χ1n) is 9.84. The molecule has 1 saturated heterocycles. The van der Waals surface area contributed by atoms with Crippen LogP contribution in [-0.2, 0) is 9.53 Å². The van der Waals surface area contributed by atoms with E-state index in [0.29, 0.717) is 12.2 Å². The monoisotopic (exact) mass is 392 g/mol. The number of nitro groups is 1. The van der Waals surface area contributed by atoms with E-state index < -0.39 is 4.92 Å². The van der Waals surface area contributed by atoms with Gasteiger partial charge in [-0.25, -0.2) is 0 Å². The molecule has 3 rings (SSSR count). The SMILES string of the molecule is Cc1ccc(OCC(=O)NCC2(N3CCOCC3)CCCCC2)c([N+](=O)[O-])n1. The molecular weight excluding hydrogens is 364 g/mol. The van der Waals surface area contributed by atoms with Crippen LogP contribution in [0.1, 0.15) is 37.8 Å². The number of carbonyl (C=O) groups is 1. The van der Waals surface area contributed by atoms with Crippen LogP contribution in [0.3, 0.4) is 0 Å². The van der Waals surface area contributed by atoms with Crippen molar-refractivity contribution in [3.8, 4) is 5.75 Å². The minimum absolute atomic E-state index is 0.00584. The summed E-state index contributed by atoms with van der Waals surface area (Å²) in [7, 11) is 0. The van der Waals surface area contributed by atoms with Gasteiger partial charge in [0.25, 0.3) is 5.91 Å². The van der Waals surface area contributed by atoms with Crippen LogP contribution in [0.15, 0.2) is 12.1 Å². The summed E-state index contributed by atoms with van der Waals surface area (Å²) in [5.74, 6) is -0.649. The van der Waals surface area contributed by atoms with E-state index in [2.05, 4.69) is 15.2 Å². The largest absolute Gasteiger partial charge is 0.476 e. The Morgan fingerprint density at radius 1 is 1.32 bits per heavy atom. The molecule has 28 heavy (non-hydrogen) atoms. The predicted octanol–water partition coefficient (Wildman–Crippen LogP) is 1.83. The van der Waals surface area contributed by atoms with Crippen LogP contribution >= 0.6 is 0 Å². The second-order valence-electron chi connectivity index (χ2n) is 7.48. The lowest BCUT2D eigenvalue weighted by Gasteiger charge is -2.48. The first-order chi connectivity index (χ1) is 13.5. The molecule has 1 aliphatic carbocycles. The zero-order valence-corrected chi connectivity index (χ0v) is 16.3. The average molecular weight is 392 g/mol. The van der Waals surface area contributed by atoms with E-state index in [-0.39, 0.29) is 29.6 Å². The number of ether oxygens (including phenoxy) is 2. The Hall–Kier alpha value is -2.26. The predicted molar refractivity (Wildman–Crippen MR) is 102 cm³/mol. The molecular formula is C19H28N4O5. The number of morpholine rings is 1. The molecule has 1 aliphatic heterocycles. The fourth-order valence-corrected chi connectivity index (χ4v) is 4.08. The Morgan fingerprint density at radius 2 is 2.04 bits per heavy atom. The number of hydrogen-bond donors (Lipinski definition) is 1. The first-order valence-corrected chi connectivity index (χ1v) is 9.84. The summed E-state index contributed by atoms with van der Waals surface area (Å²) in [5, 5.41) is 14.1. The van der Waals surface area contributed by atoms with Crippen molar-refractivity contribution < 1.29 is 19.2 Å². The van der Waals surface area contributed by atoms with Crippen molar-refractivity contribution in [2.45, 2.75) is 44.6 Å². The average Bonchev–Trinajstić information content (AvgIpc) is 2.72. The van der Waals surface area contributed by atoms with Gasteiger partial charge in [0, 0.05) is 32.1 Å². The Labute approximate surface area is 164 Å². The lowest BCUT2D eigenvalue weighted by atomic mass is 9.79. The maximum Gasteiger partial charge on any atom is 0.406 e. The van der Waals surface area contributed by atoms with Crippen molar-refractivity contribution in [1.29, 1.82) is 0 Å². The summed E-state index contributed by atoms with van der Waals surface area (Å²) < 4.78 is 10.9. The van der Waals surface area contributed by atoms with Gasteiger partial charge in [0.15, 0.2) is 6.61 Å². The Morgan fingerprint density at radius 3 is 2.71 bits per heavy atom. The maximum atomic E-state index is 12.4. The molecule has 9 nitrogen and oxygen atoms in total. The van der Waals surface area contributed by atoms with Gasteiger partial charge in [0.2, 0.25) is 5.75 Å². The zero-order valence-electron chi connectivity index (χ0n) is 16.3. The fraction of sp³-hybridized carbons (Fsp3) is 0.684. The fourth-order valence-electron chi connectivity index (χ4n) is 4.08. The molecule has 1 amide bonds. The topological polar surface area (TPSA) is 107 Å². The van der Waals surface area contributed by atoms with Crippen LogP contribution in [0.5, 0.6) is 5.75 Å². The molecule has 9 heteroatoms. The second-order valence-corrected chi connectivity index (χ2v) is 7.48. The van der Waals surface area contributed by atoms with Gasteiger partial charge in [-0.05, 0) is 34.9 Å². The number of aromatic nitrogens is 1. The Kier molecular flexibility index (Phi) is 6.79. The molecule has 1 N–H and O–H groups in total. The molecule has 0 atom stereocenters. The van der Waals surface area contributed by atoms with Gasteiger partial charge >= 0.3 is 5.82 Å². The number of nitrogens with zero attached hydrogens (tertiary/aromatic N) is 3. The van der Waals surface area contributed by atoms with E-state index in [0.717, 1.165) is 52.0 Å². The Bertz CT molecular complexity index is 700. The minimum atomic E-state index is -0.602. The highest BCUT2D eigenvalue weighted by atomic mass is 16.6. The van der Waals surface area contributed by atoms with E-state index in [4.69, 9.17) is 9.47 Å². The second kappa shape index (κ2) is 9.29. The molecule has 2 heterocycles. The molecule has 1 aromatic heterocycles. The number of pyridine rings is 1. The van der Waals surface area contributed by atoms with Gasteiger partial charge in [-0.3, -0.25) is 9.69 Å². The molecule has 2 fully saturated rings. The van der Waals surface area contributed by atoms with E-state index >= 15 is 0 Å². The molecule has 0 unspecified atom stereocenters. The smallest absolute Gasteiger partial charge is 0.406 e. The van der Waals surface area contributed by atoms with E-state index in [1.807, 2.05) is 0 Å². The summed E-state index contributed by atoms with van der Waals surface area (Å²) in [4.78, 5) is 29.2. The lowest BCUT2D eigenvalue weighted by molar-refractivity contribution is -0.390. The number of rotatable bonds is 7. The van der Waals surface area contributed by atoms with Crippen molar-refractivity contribution in [1.82, 2.24) is 15.2 Å². The summed E-state index contributed by atoms with van der Waals surface area (Å²) in [6, 6.07) is 3.10. The molecule has 154 valence electrons. The highest BCUT2D eigenvalue weighted by Gasteiger charge is 2.38. The number of amides is 1. The van der Waals surface area contributed by atoms with Gasteiger partial charge in [-0.2, -0.15) is 0 Å². The Balaban J connectivity index is 1.57. The molecule has 1 aromatic rings. The third-order valence-corrected chi connectivity index (χ3v) is 5.59. The third kappa shape index (κ3) is 4.96. The van der Waals surface area contributed by atoms with Crippen LogP contribution in [0, 0.1) is 17.0 Å². The third-order valence-electron chi connectivity index (χ3n) is 5.59. The summed E-state index contributed by atoms with van der Waals surface area (Å²) in [6.45, 7) is 5.17. The van der Waals surface area contributed by atoms with Gasteiger partial charge in [-0.1, -0.05) is 19.3 Å². The van der Waals surface area contributed by atoms with E-state index in [9.17, 15) is 14.9 Å². The summed E-state index contributed by atoms with van der Waals surface area (Å²) in [5.41, 5.74) is 0.489. The number of carbonyl (C=O) groups excluding carboxylic acids is 1. The van der Waals surface area contributed by atoms with Crippen molar-refractivity contribution in [2.75, 3.05) is 39.5 Å². The summed E-state index contributed by atoms with van der Waals surface area (Å²) >= 11 is 0. The van der Waals surface area contributed by atoms with Gasteiger partial charge in [-0.15, -0.1) is 0 Å². The van der Waals surface area contributed by atoms with Gasteiger partial charge in [0.1, 0.15) is 5.69 Å². The van der Waals surface area contributed by atoms with Crippen LogP contribution in [0.25, 0.3) is 0 Å². The molecule has 2 aliphatic rings. The molecule has 0 aromatic carbocycles. The standard InChI is InChI=1S/C19H28N4O5/c1-15-5-6-16(18(21-15)23(25)26)28-13-17(24)20-14-19(7-3-2-4-8-19)22-9-11-27-12-10-22/h5-6H,2-4,7-14H2,1H3,(H,20,24). The number of hydrogen-bond acceptors (Lipinski definition) is 7. The maximum absolute atomic E-state index is 12.4. The quantitative estimate of drug-likeness (QED) is 0.557. The van der Waals surface area contributed by atoms with Gasteiger partial charge < -0.3 is 24.9 Å². The van der Waals surface area contributed by atoms with Crippen molar-refractivity contribution in [3.05, 3.63) is 27.9 Å². The van der Waals surface area contributed by atoms with Crippen molar-refractivity contribution in [3.63, 3.8) is 0 Å². The molecule has 1 saturated carbocycles. The van der Waals surface area contributed by atoms with Crippen LogP contribution in [-0.4, -0.2) is 65.7 Å². The lowest BCUT2D eigenvalue weighted by Crippen LogP contribution is -2.60. The zero-order chi connectivity index (χ0) is 20.0. The van der Waals surface area contributed by atoms with Crippen molar-refractivity contribution in [2.24, 2.45) is 0 Å². The van der Waals surface area contributed by atoms with Crippen LogP contribution in [0.2, 0.25) is 0 Å². The molecule has 0 radical (unpaired) electrons. The molecule has 0 bridgehead atoms. The first kappa shape index (κ1) is 20.5. The van der Waals surface area contributed by atoms with E-state index in [1.165, 1.54) is 12.5 Å². The van der Waals surface area contributed by atoms with Gasteiger partial charge in [0.05, 0.1) is 13.2 Å². The van der Waals surface area contributed by atoms with Crippen molar-refractivity contribution >= 4 is 11.7 Å². The number of nitrogens with one attached hydrogen (secondary N) is 1. The number of aryl methyl sites for hydroxylation is 1. The minimum Gasteiger partial charge on any atom is -0.476 e. The highest BCUT2D eigenvalue weighted by molar-refractivity contribution is 5.77. The van der Waals surface area contributed by atoms with E-state index in [1.54, 1.807) is 13.0 Å². The summed E-state index contributed by atoms with van der Waals surface area (Å²) in [6.07, 6.45) is 5.66. The normalized spacial score (nSPS) is 19.8. The highest BCUT2D eigenvalue weighted by Crippen LogP contribution is 2.34. The van der Waals surface area contributed by atoms with Crippen LogP contribution in [0.4, 0.5) is 5.82 Å².